The number of nitrogens with zero attached hydrogens (tertiary/aromatic N) is 1. The third-order valence-electron chi connectivity index (χ3n) is 3.79. The van der Waals surface area contributed by atoms with Gasteiger partial charge in [0.1, 0.15) is 0 Å². The Kier molecular flexibility index (Phi) is 8.02. The molecule has 2 unspecified atom stereocenters. The molecule has 1 amide bonds. The molecule has 0 aromatic carbocycles. The molecule has 5 heteroatoms. The van der Waals surface area contributed by atoms with Crippen LogP contribution in [-0.2, 0) is 9.53 Å². The number of nitrogens with one attached hydrogen (secondary N) is 1. The lowest BCUT2D eigenvalue weighted by Gasteiger charge is -2.26. The maximum atomic E-state index is 11.8. The highest BCUT2D eigenvalue weighted by atomic mass is 16.5. The van der Waals surface area contributed by atoms with Crippen molar-refractivity contribution in [1.82, 2.24) is 10.2 Å². The number of hydrogen-bond acceptors (Lipinski definition) is 4. The van der Waals surface area contributed by atoms with Crippen LogP contribution in [0, 0.1) is 5.92 Å². The first-order valence-electron chi connectivity index (χ1n) is 7.31. The summed E-state index contributed by atoms with van der Waals surface area (Å²) in [4.78, 5) is 14.0. The highest BCUT2D eigenvalue weighted by Crippen LogP contribution is 2.25. The van der Waals surface area contributed by atoms with Gasteiger partial charge in [0.15, 0.2) is 0 Å². The minimum Gasteiger partial charge on any atom is -0.383 e. The van der Waals surface area contributed by atoms with Crippen molar-refractivity contribution in [3.63, 3.8) is 0 Å². The van der Waals surface area contributed by atoms with Crippen molar-refractivity contribution >= 4 is 5.91 Å². The van der Waals surface area contributed by atoms with E-state index in [2.05, 4.69) is 10.2 Å². The van der Waals surface area contributed by atoms with Crippen LogP contribution in [0.15, 0.2) is 0 Å². The number of rotatable bonds is 8. The summed E-state index contributed by atoms with van der Waals surface area (Å²) in [6.07, 6.45) is 5.06. The Morgan fingerprint density at radius 2 is 2.21 bits per heavy atom. The zero-order valence-corrected chi connectivity index (χ0v) is 12.4. The molecule has 0 aromatic rings. The fraction of sp³-hybridized carbons (Fsp3) is 0.929. The molecule has 0 bridgehead atoms. The smallest absolute Gasteiger partial charge is 0.220 e. The van der Waals surface area contributed by atoms with Gasteiger partial charge in [0.25, 0.3) is 0 Å². The molecule has 1 aliphatic carbocycles. The minimum atomic E-state index is 0.166. The second-order valence-corrected chi connectivity index (χ2v) is 5.64. The molecule has 3 N–H and O–H groups in total. The number of hydrogen-bond donors (Lipinski definition) is 2. The molecule has 19 heavy (non-hydrogen) atoms. The summed E-state index contributed by atoms with van der Waals surface area (Å²) in [6.45, 7) is 3.19. The van der Waals surface area contributed by atoms with Gasteiger partial charge in [0.2, 0.25) is 5.91 Å². The van der Waals surface area contributed by atoms with E-state index in [1.54, 1.807) is 7.11 Å². The second kappa shape index (κ2) is 9.28. The van der Waals surface area contributed by atoms with Gasteiger partial charge in [-0.2, -0.15) is 0 Å². The largest absolute Gasteiger partial charge is 0.383 e. The molecule has 0 aromatic heterocycles. The van der Waals surface area contributed by atoms with Crippen molar-refractivity contribution < 1.29 is 9.53 Å². The SMILES string of the molecule is COCCN(C)CCNC(=O)CC1CCCC(N)C1. The first kappa shape index (κ1) is 16.4. The van der Waals surface area contributed by atoms with E-state index in [1.807, 2.05) is 7.05 Å². The lowest BCUT2D eigenvalue weighted by atomic mass is 9.84. The number of nitrogens with two attached hydrogens (primary N) is 1. The average Bonchev–Trinajstić information content (AvgIpc) is 2.36. The van der Waals surface area contributed by atoms with Gasteiger partial charge < -0.3 is 20.7 Å². The van der Waals surface area contributed by atoms with Crippen molar-refractivity contribution in [2.45, 2.75) is 38.1 Å². The van der Waals surface area contributed by atoms with Gasteiger partial charge in [-0.3, -0.25) is 4.79 Å². The van der Waals surface area contributed by atoms with Gasteiger partial charge in [-0.1, -0.05) is 6.42 Å². The van der Waals surface area contributed by atoms with Crippen LogP contribution in [0.25, 0.3) is 0 Å². The predicted octanol–water partition coefficient (Wildman–Crippen LogP) is 0.588. The van der Waals surface area contributed by atoms with E-state index in [1.165, 1.54) is 6.42 Å². The predicted molar refractivity (Wildman–Crippen MR) is 76.9 cm³/mol. The van der Waals surface area contributed by atoms with E-state index in [-0.39, 0.29) is 5.91 Å². The first-order valence-corrected chi connectivity index (χ1v) is 7.31. The molecule has 1 rings (SSSR count). The van der Waals surface area contributed by atoms with E-state index in [4.69, 9.17) is 10.5 Å². The molecule has 0 spiro atoms. The van der Waals surface area contributed by atoms with Crippen LogP contribution in [-0.4, -0.2) is 57.2 Å². The highest BCUT2D eigenvalue weighted by molar-refractivity contribution is 5.76. The third-order valence-corrected chi connectivity index (χ3v) is 3.79. The average molecular weight is 271 g/mol. The van der Waals surface area contributed by atoms with Gasteiger partial charge >= 0.3 is 0 Å². The Balaban J connectivity index is 2.07. The minimum absolute atomic E-state index is 0.166. The van der Waals surface area contributed by atoms with Gasteiger partial charge in [-0.05, 0) is 32.2 Å². The van der Waals surface area contributed by atoms with Crippen LogP contribution in [0.5, 0.6) is 0 Å². The molecule has 2 atom stereocenters. The summed E-state index contributed by atoms with van der Waals surface area (Å²) in [5.74, 6) is 0.647. The summed E-state index contributed by atoms with van der Waals surface area (Å²) in [5.41, 5.74) is 5.94. The maximum Gasteiger partial charge on any atom is 0.220 e. The summed E-state index contributed by atoms with van der Waals surface area (Å²) in [7, 11) is 3.73. The molecule has 0 aliphatic heterocycles. The van der Waals surface area contributed by atoms with Gasteiger partial charge in [-0.25, -0.2) is 0 Å². The quantitative estimate of drug-likeness (QED) is 0.678. The molecular formula is C14H29N3O2. The molecule has 1 saturated carbocycles. The van der Waals surface area contributed by atoms with E-state index in [0.717, 1.165) is 39.0 Å². The maximum absolute atomic E-state index is 11.8. The number of amides is 1. The Hall–Kier alpha value is -0.650. The number of methoxy groups -OCH3 is 1. The van der Waals surface area contributed by atoms with Crippen LogP contribution in [0.4, 0.5) is 0 Å². The molecular weight excluding hydrogens is 242 g/mol. The van der Waals surface area contributed by atoms with Crippen LogP contribution in [0.1, 0.15) is 32.1 Å². The summed E-state index contributed by atoms with van der Waals surface area (Å²) >= 11 is 0. The lowest BCUT2D eigenvalue weighted by molar-refractivity contribution is -0.122. The van der Waals surface area contributed by atoms with E-state index in [0.29, 0.717) is 24.9 Å². The summed E-state index contributed by atoms with van der Waals surface area (Å²) in [6, 6.07) is 0.298. The van der Waals surface area contributed by atoms with Crippen LogP contribution in [0.2, 0.25) is 0 Å². The van der Waals surface area contributed by atoms with Gasteiger partial charge in [0.05, 0.1) is 6.61 Å². The fourth-order valence-electron chi connectivity index (χ4n) is 2.60. The first-order chi connectivity index (χ1) is 9.11. The van der Waals surface area contributed by atoms with Gasteiger partial charge in [0, 0.05) is 39.2 Å². The monoisotopic (exact) mass is 271 g/mol. The zero-order valence-electron chi connectivity index (χ0n) is 12.4. The molecule has 0 saturated heterocycles. The van der Waals surface area contributed by atoms with Crippen molar-refractivity contribution in [3.8, 4) is 0 Å². The molecule has 5 nitrogen and oxygen atoms in total. The highest BCUT2D eigenvalue weighted by Gasteiger charge is 2.21. The Morgan fingerprint density at radius 1 is 1.42 bits per heavy atom. The van der Waals surface area contributed by atoms with E-state index >= 15 is 0 Å². The Bertz CT molecular complexity index is 261. The topological polar surface area (TPSA) is 67.6 Å². The van der Waals surface area contributed by atoms with E-state index < -0.39 is 0 Å². The summed E-state index contributed by atoms with van der Waals surface area (Å²) in [5, 5.41) is 2.99. The van der Waals surface area contributed by atoms with Crippen LogP contribution >= 0.6 is 0 Å². The van der Waals surface area contributed by atoms with Crippen molar-refractivity contribution in [2.24, 2.45) is 11.7 Å². The third kappa shape index (κ3) is 7.50. The van der Waals surface area contributed by atoms with Crippen molar-refractivity contribution in [1.29, 1.82) is 0 Å². The van der Waals surface area contributed by atoms with Crippen molar-refractivity contribution in [2.75, 3.05) is 40.4 Å². The second-order valence-electron chi connectivity index (χ2n) is 5.64. The standard InChI is InChI=1S/C14H29N3O2/c1-17(8-9-19-2)7-6-16-14(18)11-12-4-3-5-13(15)10-12/h12-13H,3-11,15H2,1-2H3,(H,16,18). The van der Waals surface area contributed by atoms with E-state index in [9.17, 15) is 4.79 Å². The Labute approximate surface area is 116 Å². The van der Waals surface area contributed by atoms with Crippen LogP contribution < -0.4 is 11.1 Å². The van der Waals surface area contributed by atoms with Crippen LogP contribution in [0.3, 0.4) is 0 Å². The number of carbonyl (C=O) groups is 1. The molecule has 0 radical (unpaired) electrons. The summed E-state index contributed by atoms with van der Waals surface area (Å²) < 4.78 is 5.01. The normalized spacial score (nSPS) is 23.6. The number of ether oxygens (including phenoxy) is 1. The molecule has 0 heterocycles. The molecule has 112 valence electrons. The molecule has 1 fully saturated rings. The van der Waals surface area contributed by atoms with Gasteiger partial charge in [-0.15, -0.1) is 0 Å². The fourth-order valence-corrected chi connectivity index (χ4v) is 2.60. The lowest BCUT2D eigenvalue weighted by Crippen LogP contribution is -2.36. The van der Waals surface area contributed by atoms with Crippen molar-refractivity contribution in [3.05, 3.63) is 0 Å². The molecule has 1 aliphatic rings. The number of likely N-dealkylation sites (N-methyl/N-ethyl adjacent to an activating group) is 1. The Morgan fingerprint density at radius 3 is 2.89 bits per heavy atom. The number of carbonyl (C=O) groups excluding carboxylic acids is 1. The zero-order chi connectivity index (χ0) is 14.1.